The number of benzene rings is 2. The van der Waals surface area contributed by atoms with Crippen molar-refractivity contribution < 1.29 is 14.0 Å². The van der Waals surface area contributed by atoms with Gasteiger partial charge in [-0.05, 0) is 17.7 Å². The minimum atomic E-state index is -0.749. The summed E-state index contributed by atoms with van der Waals surface area (Å²) < 4.78 is 13.0. The Hall–Kier alpha value is -1.91. The van der Waals surface area contributed by atoms with Crippen molar-refractivity contribution in [1.29, 1.82) is 0 Å². The maximum atomic E-state index is 13.0. The smallest absolute Gasteiger partial charge is 0.256 e. The Kier molecular flexibility index (Phi) is 5.39. The minimum Gasteiger partial charge on any atom is -0.345 e. The first kappa shape index (κ1) is 17.4. The second-order valence-electron chi connectivity index (χ2n) is 5.13. The van der Waals surface area contributed by atoms with Crippen molar-refractivity contribution in [2.24, 2.45) is 0 Å². The molecule has 0 heterocycles. The van der Waals surface area contributed by atoms with Gasteiger partial charge in [0.05, 0.1) is 15.6 Å². The molecule has 0 N–H and O–H groups in total. The highest BCUT2D eigenvalue weighted by atomic mass is 35.5. The molecule has 6 heteroatoms. The number of halogens is 3. The zero-order valence-corrected chi connectivity index (χ0v) is 14.1. The highest BCUT2D eigenvalue weighted by Gasteiger charge is 2.21. The van der Waals surface area contributed by atoms with Gasteiger partial charge in [0, 0.05) is 25.2 Å². The van der Waals surface area contributed by atoms with E-state index >= 15 is 0 Å². The molecule has 0 aromatic heterocycles. The van der Waals surface area contributed by atoms with Crippen LogP contribution in [0.1, 0.15) is 31.8 Å². The van der Waals surface area contributed by atoms with Gasteiger partial charge in [-0.3, -0.25) is 9.59 Å². The topological polar surface area (TPSA) is 37.4 Å². The summed E-state index contributed by atoms with van der Waals surface area (Å²) in [4.78, 5) is 26.0. The summed E-state index contributed by atoms with van der Waals surface area (Å²) in [5, 5.41) is 0.162. The number of hydrogen-bond donors (Lipinski definition) is 0. The summed E-state index contributed by atoms with van der Waals surface area (Å²) in [5.41, 5.74) is 0.872. The van der Waals surface area contributed by atoms with Crippen LogP contribution in [0.25, 0.3) is 0 Å². The molecule has 0 saturated carbocycles. The monoisotopic (exact) mass is 353 g/mol. The zero-order chi connectivity index (χ0) is 17.1. The fourth-order valence-corrected chi connectivity index (χ4v) is 2.79. The minimum absolute atomic E-state index is 0.0808. The summed E-state index contributed by atoms with van der Waals surface area (Å²) in [6, 6.07) is 9.14. The average molecular weight is 354 g/mol. The Morgan fingerprint density at radius 3 is 2.17 bits per heavy atom. The molecule has 2 rings (SSSR count). The first-order valence-corrected chi connectivity index (χ1v) is 7.51. The lowest BCUT2D eigenvalue weighted by atomic mass is 9.98. The molecule has 0 saturated heterocycles. The van der Waals surface area contributed by atoms with Gasteiger partial charge in [-0.15, -0.1) is 0 Å². The van der Waals surface area contributed by atoms with Crippen molar-refractivity contribution in [3.05, 3.63) is 68.7 Å². The molecule has 0 unspecified atom stereocenters. The molecule has 0 aliphatic rings. The van der Waals surface area contributed by atoms with Gasteiger partial charge < -0.3 is 4.90 Å². The van der Waals surface area contributed by atoms with Crippen molar-refractivity contribution in [3.63, 3.8) is 0 Å². The van der Waals surface area contributed by atoms with Crippen molar-refractivity contribution in [2.45, 2.75) is 6.67 Å². The first-order valence-electron chi connectivity index (χ1n) is 6.76. The van der Waals surface area contributed by atoms with Crippen LogP contribution < -0.4 is 0 Å². The van der Waals surface area contributed by atoms with E-state index in [0.717, 1.165) is 0 Å². The molecule has 2 aromatic carbocycles. The van der Waals surface area contributed by atoms with Crippen LogP contribution in [0.4, 0.5) is 4.39 Å². The Balaban J connectivity index is 2.50. The maximum Gasteiger partial charge on any atom is 0.256 e. The number of ketones is 1. The second-order valence-corrected chi connectivity index (χ2v) is 5.95. The van der Waals surface area contributed by atoms with E-state index in [1.807, 2.05) is 0 Å². The lowest BCUT2D eigenvalue weighted by Crippen LogP contribution is -2.22. The second kappa shape index (κ2) is 7.11. The van der Waals surface area contributed by atoms with Gasteiger partial charge in [-0.2, -0.15) is 0 Å². The van der Waals surface area contributed by atoms with Crippen molar-refractivity contribution >= 4 is 34.9 Å². The highest BCUT2D eigenvalue weighted by Crippen LogP contribution is 2.29. The van der Waals surface area contributed by atoms with E-state index in [4.69, 9.17) is 23.2 Å². The molecule has 0 aliphatic heterocycles. The van der Waals surface area contributed by atoms with Crippen molar-refractivity contribution in [2.75, 3.05) is 14.1 Å². The van der Waals surface area contributed by atoms with Gasteiger partial charge in [-0.25, -0.2) is 4.39 Å². The number of hydrogen-bond acceptors (Lipinski definition) is 2. The van der Waals surface area contributed by atoms with Gasteiger partial charge >= 0.3 is 0 Å². The Morgan fingerprint density at radius 2 is 1.65 bits per heavy atom. The maximum absolute atomic E-state index is 13.0. The Bertz CT molecular complexity index is 752. The Labute approximate surface area is 143 Å². The van der Waals surface area contributed by atoms with Gasteiger partial charge in [0.2, 0.25) is 0 Å². The standard InChI is InChI=1S/C17H14Cl2FNO2/c1-21(2)17(23)15-13(18)7-11(8-14(15)19)16(22)12-6-4-3-5-10(12)9-20/h3-8H,9H2,1-2H3. The van der Waals surface area contributed by atoms with Gasteiger partial charge in [0.15, 0.2) is 5.78 Å². The molecule has 0 aliphatic carbocycles. The molecule has 3 nitrogen and oxygen atoms in total. The molecule has 0 bridgehead atoms. The quantitative estimate of drug-likeness (QED) is 0.764. The summed E-state index contributed by atoms with van der Waals surface area (Å²) in [6.45, 7) is -0.749. The van der Waals surface area contributed by atoms with Crippen LogP contribution in [-0.4, -0.2) is 30.7 Å². The molecule has 1 amide bonds. The van der Waals surface area contributed by atoms with Crippen LogP contribution >= 0.6 is 23.2 Å². The fraction of sp³-hybridized carbons (Fsp3) is 0.176. The molecule has 23 heavy (non-hydrogen) atoms. The third kappa shape index (κ3) is 3.54. The number of rotatable bonds is 4. The van der Waals surface area contributed by atoms with Crippen LogP contribution in [0, 0.1) is 0 Å². The summed E-state index contributed by atoms with van der Waals surface area (Å²) in [6.07, 6.45) is 0. The van der Waals surface area contributed by atoms with Crippen LogP contribution in [0.2, 0.25) is 10.0 Å². The van der Waals surface area contributed by atoms with Crippen LogP contribution in [0.3, 0.4) is 0 Å². The Morgan fingerprint density at radius 1 is 1.09 bits per heavy atom. The van der Waals surface area contributed by atoms with Crippen molar-refractivity contribution in [1.82, 2.24) is 4.90 Å². The first-order chi connectivity index (χ1) is 10.9. The number of carbonyl (C=O) groups is 2. The lowest BCUT2D eigenvalue weighted by molar-refractivity contribution is 0.0827. The number of nitrogens with zero attached hydrogens (tertiary/aromatic N) is 1. The molecule has 0 radical (unpaired) electrons. The average Bonchev–Trinajstić information content (AvgIpc) is 2.53. The zero-order valence-electron chi connectivity index (χ0n) is 12.6. The summed E-state index contributed by atoms with van der Waals surface area (Å²) in [5.74, 6) is -0.756. The van der Waals surface area contributed by atoms with E-state index in [-0.39, 0.29) is 38.2 Å². The molecule has 2 aromatic rings. The lowest BCUT2D eigenvalue weighted by Gasteiger charge is -2.14. The number of carbonyl (C=O) groups excluding carboxylic acids is 2. The number of amides is 1. The van der Waals surface area contributed by atoms with E-state index in [2.05, 4.69) is 0 Å². The van der Waals surface area contributed by atoms with Gasteiger partial charge in [-0.1, -0.05) is 47.5 Å². The predicted octanol–water partition coefficient (Wildman–Crippen LogP) is 4.40. The summed E-state index contributed by atoms with van der Waals surface area (Å²) in [7, 11) is 3.15. The molecule has 120 valence electrons. The molecule has 0 atom stereocenters. The van der Waals surface area contributed by atoms with E-state index in [9.17, 15) is 14.0 Å². The normalized spacial score (nSPS) is 10.5. The van der Waals surface area contributed by atoms with E-state index in [0.29, 0.717) is 0 Å². The van der Waals surface area contributed by atoms with E-state index < -0.39 is 12.5 Å². The highest BCUT2D eigenvalue weighted by molar-refractivity contribution is 6.40. The van der Waals surface area contributed by atoms with E-state index in [1.165, 1.54) is 23.1 Å². The predicted molar refractivity (Wildman–Crippen MR) is 89.2 cm³/mol. The van der Waals surface area contributed by atoms with Gasteiger partial charge in [0.25, 0.3) is 5.91 Å². The van der Waals surface area contributed by atoms with Gasteiger partial charge in [0.1, 0.15) is 6.67 Å². The molecular weight excluding hydrogens is 340 g/mol. The molecular formula is C17H14Cl2FNO2. The third-order valence-electron chi connectivity index (χ3n) is 3.33. The third-order valence-corrected chi connectivity index (χ3v) is 3.93. The number of alkyl halides is 1. The molecule has 0 fully saturated rings. The SMILES string of the molecule is CN(C)C(=O)c1c(Cl)cc(C(=O)c2ccccc2CF)cc1Cl. The summed E-state index contributed by atoms with van der Waals surface area (Å²) >= 11 is 12.2. The fourth-order valence-electron chi connectivity index (χ4n) is 2.15. The van der Waals surface area contributed by atoms with Crippen LogP contribution in [0.5, 0.6) is 0 Å². The van der Waals surface area contributed by atoms with E-state index in [1.54, 1.807) is 32.3 Å². The van der Waals surface area contributed by atoms with Crippen LogP contribution in [0.15, 0.2) is 36.4 Å². The molecule has 0 spiro atoms. The largest absolute Gasteiger partial charge is 0.345 e. The van der Waals surface area contributed by atoms with Crippen molar-refractivity contribution in [3.8, 4) is 0 Å². The van der Waals surface area contributed by atoms with Crippen LogP contribution in [-0.2, 0) is 6.67 Å².